The molecule has 0 aliphatic carbocycles. The van der Waals surface area contributed by atoms with Crippen LogP contribution in [0, 0.1) is 0 Å². The quantitative estimate of drug-likeness (QED) is 0.818. The molecule has 0 atom stereocenters. The molecule has 0 unspecified atom stereocenters. The van der Waals surface area contributed by atoms with Gasteiger partial charge in [-0.25, -0.2) is 0 Å². The van der Waals surface area contributed by atoms with Crippen LogP contribution in [0.3, 0.4) is 0 Å². The Morgan fingerprint density at radius 2 is 1.89 bits per heavy atom. The Morgan fingerprint density at radius 3 is 2.47 bits per heavy atom. The molecule has 1 N–H and O–H groups in total. The second kappa shape index (κ2) is 6.90. The van der Waals surface area contributed by atoms with Crippen molar-refractivity contribution in [1.29, 1.82) is 0 Å². The number of nitrogens with one attached hydrogen (secondary N) is 1. The maximum atomic E-state index is 5.71. The average Bonchev–Trinajstić information content (AvgIpc) is 2.27. The molecule has 3 nitrogen and oxygen atoms in total. The number of pyridine rings is 1. The van der Waals surface area contributed by atoms with E-state index in [1.165, 1.54) is 5.56 Å². The summed E-state index contributed by atoms with van der Waals surface area (Å²) in [7, 11) is 0. The van der Waals surface area contributed by atoms with Gasteiger partial charge in [-0.2, -0.15) is 0 Å². The predicted molar refractivity (Wildman–Crippen MR) is 80.8 cm³/mol. The van der Waals surface area contributed by atoms with Gasteiger partial charge in [-0.1, -0.05) is 27.7 Å². The van der Waals surface area contributed by atoms with Gasteiger partial charge >= 0.3 is 0 Å². The first-order chi connectivity index (χ1) is 8.81. The van der Waals surface area contributed by atoms with E-state index in [1.54, 1.807) is 6.20 Å². The Kier molecular flexibility index (Phi) is 5.80. The van der Waals surface area contributed by atoms with Crippen molar-refractivity contribution in [2.24, 2.45) is 0 Å². The van der Waals surface area contributed by atoms with Gasteiger partial charge in [0.25, 0.3) is 0 Å². The molecule has 0 amide bonds. The molecule has 0 spiro atoms. The topological polar surface area (TPSA) is 34.2 Å². The Hall–Kier alpha value is -1.09. The molecule has 0 saturated heterocycles. The van der Waals surface area contributed by atoms with Gasteiger partial charge in [-0.05, 0) is 43.9 Å². The van der Waals surface area contributed by atoms with E-state index in [9.17, 15) is 0 Å². The fourth-order valence-electron chi connectivity index (χ4n) is 1.94. The van der Waals surface area contributed by atoms with Gasteiger partial charge < -0.3 is 10.1 Å². The largest absolute Gasteiger partial charge is 0.489 e. The highest BCUT2D eigenvalue weighted by Gasteiger charge is 2.21. The molecule has 3 heteroatoms. The third kappa shape index (κ3) is 5.60. The number of aromatic nitrogens is 1. The van der Waals surface area contributed by atoms with Crippen LogP contribution in [0.15, 0.2) is 18.5 Å². The zero-order chi connectivity index (χ0) is 14.5. The molecule has 108 valence electrons. The first-order valence-corrected chi connectivity index (χ1v) is 7.17. The number of rotatable bonds is 7. The summed E-state index contributed by atoms with van der Waals surface area (Å²) in [6, 6.07) is 2.65. The molecule has 0 radical (unpaired) electrons. The first kappa shape index (κ1) is 16.0. The van der Waals surface area contributed by atoms with E-state index in [-0.39, 0.29) is 11.5 Å². The van der Waals surface area contributed by atoms with Crippen molar-refractivity contribution < 1.29 is 4.74 Å². The van der Waals surface area contributed by atoms with Crippen LogP contribution in [0.5, 0.6) is 5.75 Å². The van der Waals surface area contributed by atoms with E-state index in [0.29, 0.717) is 6.04 Å². The maximum Gasteiger partial charge on any atom is 0.138 e. The summed E-state index contributed by atoms with van der Waals surface area (Å²) in [5, 5.41) is 3.47. The van der Waals surface area contributed by atoms with Crippen LogP contribution in [-0.4, -0.2) is 23.7 Å². The van der Waals surface area contributed by atoms with E-state index >= 15 is 0 Å². The molecule has 19 heavy (non-hydrogen) atoms. The highest BCUT2D eigenvalue weighted by atomic mass is 16.5. The molecular weight excluding hydrogens is 236 g/mol. The summed E-state index contributed by atoms with van der Waals surface area (Å²) in [4.78, 5) is 4.30. The van der Waals surface area contributed by atoms with Crippen molar-refractivity contribution in [2.75, 3.05) is 6.54 Å². The second-order valence-electron chi connectivity index (χ2n) is 6.32. The maximum absolute atomic E-state index is 5.71. The fraction of sp³-hybridized carbons (Fsp3) is 0.688. The van der Waals surface area contributed by atoms with Crippen molar-refractivity contribution in [3.63, 3.8) is 0 Å². The van der Waals surface area contributed by atoms with Gasteiger partial charge in [0.2, 0.25) is 0 Å². The summed E-state index contributed by atoms with van der Waals surface area (Å²) in [6.45, 7) is 13.9. The minimum absolute atomic E-state index is 0.102. The SMILES string of the molecule is CC(C)NCCC(C)(C)c1cncc(OC(C)C)c1. The Bertz CT molecular complexity index is 386. The van der Waals surface area contributed by atoms with Crippen molar-refractivity contribution in [2.45, 2.75) is 65.5 Å². The summed E-state index contributed by atoms with van der Waals surface area (Å²) < 4.78 is 5.71. The molecule has 0 aromatic carbocycles. The smallest absolute Gasteiger partial charge is 0.138 e. The normalized spacial score (nSPS) is 12.2. The second-order valence-corrected chi connectivity index (χ2v) is 6.32. The van der Waals surface area contributed by atoms with E-state index in [0.717, 1.165) is 18.7 Å². The minimum Gasteiger partial charge on any atom is -0.489 e. The lowest BCUT2D eigenvalue weighted by Gasteiger charge is -2.26. The molecular formula is C16H28N2O. The van der Waals surface area contributed by atoms with Crippen molar-refractivity contribution in [3.8, 4) is 5.75 Å². The molecule has 0 bridgehead atoms. The predicted octanol–water partition coefficient (Wildman–Crippen LogP) is 3.53. The molecule has 1 heterocycles. The van der Waals surface area contributed by atoms with Crippen LogP contribution < -0.4 is 10.1 Å². The molecule has 1 aromatic rings. The lowest BCUT2D eigenvalue weighted by Crippen LogP contribution is -2.29. The van der Waals surface area contributed by atoms with Crippen LogP contribution in [0.4, 0.5) is 0 Å². The summed E-state index contributed by atoms with van der Waals surface area (Å²) in [5.74, 6) is 0.859. The van der Waals surface area contributed by atoms with Gasteiger partial charge in [-0.15, -0.1) is 0 Å². The van der Waals surface area contributed by atoms with Crippen LogP contribution >= 0.6 is 0 Å². The molecule has 0 saturated carbocycles. The Labute approximate surface area is 117 Å². The number of nitrogens with zero attached hydrogens (tertiary/aromatic N) is 1. The third-order valence-electron chi connectivity index (χ3n) is 3.17. The number of hydrogen-bond acceptors (Lipinski definition) is 3. The van der Waals surface area contributed by atoms with Gasteiger partial charge in [0.15, 0.2) is 0 Å². The standard InChI is InChI=1S/C16H28N2O/c1-12(2)18-8-7-16(5,6)14-9-15(11-17-10-14)19-13(3)4/h9-13,18H,7-8H2,1-6H3. The highest BCUT2D eigenvalue weighted by molar-refractivity contribution is 5.29. The average molecular weight is 264 g/mol. The summed E-state index contributed by atoms with van der Waals surface area (Å²) >= 11 is 0. The van der Waals surface area contributed by atoms with Crippen LogP contribution in [0.25, 0.3) is 0 Å². The molecule has 1 rings (SSSR count). The molecule has 0 aliphatic heterocycles. The van der Waals surface area contributed by atoms with Gasteiger partial charge in [-0.3, -0.25) is 4.98 Å². The van der Waals surface area contributed by atoms with Crippen molar-refractivity contribution in [3.05, 3.63) is 24.0 Å². The Morgan fingerprint density at radius 1 is 1.21 bits per heavy atom. The van der Waals surface area contributed by atoms with E-state index in [2.05, 4.69) is 44.1 Å². The zero-order valence-electron chi connectivity index (χ0n) is 13.2. The van der Waals surface area contributed by atoms with Gasteiger partial charge in [0.1, 0.15) is 5.75 Å². The minimum atomic E-state index is 0.102. The first-order valence-electron chi connectivity index (χ1n) is 7.17. The summed E-state index contributed by atoms with van der Waals surface area (Å²) in [5.41, 5.74) is 1.34. The van der Waals surface area contributed by atoms with Crippen LogP contribution in [0.1, 0.15) is 53.5 Å². The molecule has 0 fully saturated rings. The molecule has 0 aliphatic rings. The molecule has 1 aromatic heterocycles. The summed E-state index contributed by atoms with van der Waals surface area (Å²) in [6.07, 6.45) is 5.00. The number of hydrogen-bond donors (Lipinski definition) is 1. The zero-order valence-corrected chi connectivity index (χ0v) is 13.2. The van der Waals surface area contributed by atoms with E-state index in [4.69, 9.17) is 4.74 Å². The van der Waals surface area contributed by atoms with Gasteiger partial charge in [0, 0.05) is 12.2 Å². The third-order valence-corrected chi connectivity index (χ3v) is 3.17. The highest BCUT2D eigenvalue weighted by Crippen LogP contribution is 2.28. The van der Waals surface area contributed by atoms with Gasteiger partial charge in [0.05, 0.1) is 12.3 Å². The van der Waals surface area contributed by atoms with Crippen LogP contribution in [0.2, 0.25) is 0 Å². The van der Waals surface area contributed by atoms with E-state index < -0.39 is 0 Å². The lowest BCUT2D eigenvalue weighted by molar-refractivity contribution is 0.240. The lowest BCUT2D eigenvalue weighted by atomic mass is 9.82. The fourth-order valence-corrected chi connectivity index (χ4v) is 1.94. The van der Waals surface area contributed by atoms with Crippen LogP contribution in [-0.2, 0) is 5.41 Å². The Balaban J connectivity index is 2.71. The van der Waals surface area contributed by atoms with Crippen molar-refractivity contribution >= 4 is 0 Å². The van der Waals surface area contributed by atoms with Crippen molar-refractivity contribution in [1.82, 2.24) is 10.3 Å². The van der Waals surface area contributed by atoms with E-state index in [1.807, 2.05) is 20.0 Å². The number of ether oxygens (including phenoxy) is 1. The monoisotopic (exact) mass is 264 g/mol.